The van der Waals surface area contributed by atoms with E-state index in [1.54, 1.807) is 7.05 Å². The van der Waals surface area contributed by atoms with Gasteiger partial charge in [0.15, 0.2) is 6.29 Å². The fraction of sp³-hybridized carbons (Fsp3) is 0.750. The zero-order valence-electron chi connectivity index (χ0n) is 11.9. The number of hydrogen-bond donors (Lipinski definition) is 1. The molecule has 9 heteroatoms. The van der Waals surface area contributed by atoms with Crippen LogP contribution in [0.1, 0.15) is 17.8 Å². The molecule has 0 saturated carbocycles. The lowest BCUT2D eigenvalue weighted by molar-refractivity contribution is -0.0518. The Balaban J connectivity index is 1.76. The minimum absolute atomic E-state index is 0.252. The molecule has 2 amide bonds. The second-order valence-electron chi connectivity index (χ2n) is 4.63. The number of alkyl halides is 1. The molecule has 21 heavy (non-hydrogen) atoms. The highest BCUT2D eigenvalue weighted by molar-refractivity contribution is 7.15. The van der Waals surface area contributed by atoms with Crippen LogP contribution < -0.4 is 5.32 Å². The molecule has 0 radical (unpaired) electrons. The summed E-state index contributed by atoms with van der Waals surface area (Å²) in [7, 11) is 1.68. The van der Waals surface area contributed by atoms with Gasteiger partial charge in [0, 0.05) is 19.3 Å². The van der Waals surface area contributed by atoms with Gasteiger partial charge in [0.1, 0.15) is 5.01 Å². The van der Waals surface area contributed by atoms with Crippen LogP contribution in [0.5, 0.6) is 0 Å². The molecule has 1 N–H and O–H groups in total. The average molecular weight is 335 g/mol. The molecule has 2 heterocycles. The number of nitrogens with one attached hydrogen (secondary N) is 1. The largest absolute Gasteiger partial charge is 0.348 e. The second kappa shape index (κ2) is 8.47. The highest BCUT2D eigenvalue weighted by Gasteiger charge is 2.21. The second-order valence-corrected chi connectivity index (χ2v) is 6.07. The van der Waals surface area contributed by atoms with Crippen molar-refractivity contribution in [2.24, 2.45) is 0 Å². The quantitative estimate of drug-likeness (QED) is 0.609. The van der Waals surface area contributed by atoms with Crippen molar-refractivity contribution in [1.29, 1.82) is 0 Å². The lowest BCUT2D eigenvalue weighted by Crippen LogP contribution is -2.37. The number of rotatable bonds is 7. The third kappa shape index (κ3) is 5.39. The molecule has 0 bridgehead atoms. The van der Waals surface area contributed by atoms with Crippen LogP contribution in [0, 0.1) is 0 Å². The van der Waals surface area contributed by atoms with Gasteiger partial charge < -0.3 is 14.4 Å². The van der Waals surface area contributed by atoms with Crippen LogP contribution in [-0.2, 0) is 15.9 Å². The van der Waals surface area contributed by atoms with E-state index in [0.29, 0.717) is 30.8 Å². The zero-order valence-corrected chi connectivity index (χ0v) is 13.5. The third-order valence-electron chi connectivity index (χ3n) is 2.92. The standard InChI is InChI=1S/C12H19ClN4O3S/c1-17(8-10-19-6-7-20-10)12(18)14-11-16-15-9(21-11)4-2-3-5-13/h10H,2-8H2,1H3,(H,14,16,18). The van der Waals surface area contributed by atoms with Crippen molar-refractivity contribution in [3.8, 4) is 0 Å². The van der Waals surface area contributed by atoms with Gasteiger partial charge in [-0.2, -0.15) is 0 Å². The fourth-order valence-corrected chi connectivity index (χ4v) is 2.74. The molecular formula is C12H19ClN4O3S. The molecule has 0 spiro atoms. The molecule has 1 aromatic rings. The van der Waals surface area contributed by atoms with Crippen LogP contribution in [-0.4, -0.2) is 60.1 Å². The van der Waals surface area contributed by atoms with E-state index >= 15 is 0 Å². The Morgan fingerprint density at radius 1 is 1.43 bits per heavy atom. The van der Waals surface area contributed by atoms with Crippen LogP contribution in [0.4, 0.5) is 9.93 Å². The van der Waals surface area contributed by atoms with E-state index in [-0.39, 0.29) is 12.3 Å². The molecule has 1 aromatic heterocycles. The van der Waals surface area contributed by atoms with Crippen molar-refractivity contribution in [1.82, 2.24) is 15.1 Å². The van der Waals surface area contributed by atoms with Crippen molar-refractivity contribution in [3.05, 3.63) is 5.01 Å². The first-order chi connectivity index (χ1) is 10.2. The maximum atomic E-state index is 12.0. The molecular weight excluding hydrogens is 316 g/mol. The van der Waals surface area contributed by atoms with Crippen molar-refractivity contribution in [2.45, 2.75) is 25.6 Å². The monoisotopic (exact) mass is 334 g/mol. The molecule has 0 atom stereocenters. The summed E-state index contributed by atoms with van der Waals surface area (Å²) in [5.74, 6) is 0.651. The minimum Gasteiger partial charge on any atom is -0.348 e. The Kier molecular flexibility index (Phi) is 6.62. The Labute approximate surface area is 132 Å². The van der Waals surface area contributed by atoms with Gasteiger partial charge in [-0.05, 0) is 12.8 Å². The highest BCUT2D eigenvalue weighted by atomic mass is 35.5. The number of likely N-dealkylation sites (N-methyl/N-ethyl adjacent to an activating group) is 1. The number of unbranched alkanes of at least 4 members (excludes halogenated alkanes) is 1. The number of nitrogens with zero attached hydrogens (tertiary/aromatic N) is 3. The number of urea groups is 1. The van der Waals surface area contributed by atoms with Gasteiger partial charge in [-0.25, -0.2) is 4.79 Å². The van der Waals surface area contributed by atoms with E-state index in [1.807, 2.05) is 0 Å². The molecule has 0 aromatic carbocycles. The molecule has 1 aliphatic heterocycles. The first-order valence-electron chi connectivity index (χ1n) is 6.82. The molecule has 118 valence electrons. The van der Waals surface area contributed by atoms with Gasteiger partial charge >= 0.3 is 6.03 Å². The summed E-state index contributed by atoms with van der Waals surface area (Å²) in [5, 5.41) is 12.1. The summed E-state index contributed by atoms with van der Waals surface area (Å²) >= 11 is 7.02. The Morgan fingerprint density at radius 3 is 2.90 bits per heavy atom. The number of amides is 2. The number of ether oxygens (including phenoxy) is 2. The maximum Gasteiger partial charge on any atom is 0.323 e. The maximum absolute atomic E-state index is 12.0. The first kappa shape index (κ1) is 16.4. The highest BCUT2D eigenvalue weighted by Crippen LogP contribution is 2.17. The predicted molar refractivity (Wildman–Crippen MR) is 80.9 cm³/mol. The minimum atomic E-state index is -0.346. The van der Waals surface area contributed by atoms with E-state index in [1.165, 1.54) is 16.2 Å². The van der Waals surface area contributed by atoms with Crippen LogP contribution >= 0.6 is 22.9 Å². The van der Waals surface area contributed by atoms with Crippen LogP contribution in [0.2, 0.25) is 0 Å². The number of aromatic nitrogens is 2. The summed E-state index contributed by atoms with van der Waals surface area (Å²) < 4.78 is 10.6. The number of aryl methyl sites for hydroxylation is 1. The normalized spacial score (nSPS) is 15.3. The zero-order chi connectivity index (χ0) is 15.1. The van der Waals surface area contributed by atoms with Crippen molar-refractivity contribution >= 4 is 34.1 Å². The number of halogens is 1. The van der Waals surface area contributed by atoms with Gasteiger partial charge in [-0.15, -0.1) is 21.8 Å². The summed E-state index contributed by atoms with van der Waals surface area (Å²) in [6.07, 6.45) is 2.41. The van der Waals surface area contributed by atoms with Crippen molar-refractivity contribution in [2.75, 3.05) is 38.0 Å². The van der Waals surface area contributed by atoms with E-state index in [4.69, 9.17) is 21.1 Å². The van der Waals surface area contributed by atoms with Crippen molar-refractivity contribution in [3.63, 3.8) is 0 Å². The van der Waals surface area contributed by atoms with Gasteiger partial charge in [0.05, 0.1) is 19.8 Å². The van der Waals surface area contributed by atoms with Gasteiger partial charge in [0.25, 0.3) is 0 Å². The molecule has 1 aliphatic rings. The SMILES string of the molecule is CN(CC1OCCO1)C(=O)Nc1nnc(CCCCCl)s1. The average Bonchev–Trinajstić information content (AvgIpc) is 3.11. The molecule has 7 nitrogen and oxygen atoms in total. The van der Waals surface area contributed by atoms with Crippen LogP contribution in [0.15, 0.2) is 0 Å². The third-order valence-corrected chi connectivity index (χ3v) is 4.08. The molecule has 1 fully saturated rings. The van der Waals surface area contributed by atoms with E-state index in [0.717, 1.165) is 24.3 Å². The molecule has 0 unspecified atom stereocenters. The van der Waals surface area contributed by atoms with Crippen LogP contribution in [0.25, 0.3) is 0 Å². The topological polar surface area (TPSA) is 76.6 Å². The fourth-order valence-electron chi connectivity index (χ4n) is 1.78. The smallest absolute Gasteiger partial charge is 0.323 e. The van der Waals surface area contributed by atoms with Crippen LogP contribution in [0.3, 0.4) is 0 Å². The van der Waals surface area contributed by atoms with Gasteiger partial charge in [-0.3, -0.25) is 5.32 Å². The number of carbonyl (C=O) groups excluding carboxylic acids is 1. The van der Waals surface area contributed by atoms with Gasteiger partial charge in [-0.1, -0.05) is 11.3 Å². The van der Waals surface area contributed by atoms with E-state index in [9.17, 15) is 4.79 Å². The summed E-state index contributed by atoms with van der Waals surface area (Å²) in [6, 6.07) is -0.252. The Hall–Kier alpha value is -0.960. The predicted octanol–water partition coefficient (Wildman–Crippen LogP) is 1.94. The lowest BCUT2D eigenvalue weighted by Gasteiger charge is -2.19. The van der Waals surface area contributed by atoms with E-state index < -0.39 is 0 Å². The summed E-state index contributed by atoms with van der Waals surface area (Å²) in [5.41, 5.74) is 0. The lowest BCUT2D eigenvalue weighted by atomic mass is 10.3. The molecule has 1 saturated heterocycles. The summed E-state index contributed by atoms with van der Waals surface area (Å²) in [6.45, 7) is 1.53. The number of hydrogen-bond acceptors (Lipinski definition) is 6. The van der Waals surface area contributed by atoms with Gasteiger partial charge in [0.2, 0.25) is 5.13 Å². The molecule has 2 rings (SSSR count). The van der Waals surface area contributed by atoms with Crippen molar-refractivity contribution < 1.29 is 14.3 Å². The Bertz CT molecular complexity index is 453. The first-order valence-corrected chi connectivity index (χ1v) is 8.18. The van der Waals surface area contributed by atoms with E-state index in [2.05, 4.69) is 15.5 Å². The Morgan fingerprint density at radius 2 is 2.19 bits per heavy atom. The molecule has 0 aliphatic carbocycles. The number of anilines is 1. The summed E-state index contributed by atoms with van der Waals surface area (Å²) in [4.78, 5) is 13.5. The number of carbonyl (C=O) groups is 1.